The highest BCUT2D eigenvalue weighted by Crippen LogP contribution is 2.23. The van der Waals surface area contributed by atoms with Crippen molar-refractivity contribution in [2.45, 2.75) is 50.5 Å². The standard InChI is InChI=1S/C15H24BrNO2S/c1-3-11-17-13(4-2)8-7-12-20(18,19)15-10-6-5-9-14(15)16/h5-6,9-10,13,17H,3-4,7-8,11-12H2,1-2H3. The molecule has 0 aliphatic rings. The van der Waals surface area contributed by atoms with Crippen LogP contribution in [-0.2, 0) is 9.84 Å². The largest absolute Gasteiger partial charge is 0.314 e. The Balaban J connectivity index is 2.54. The smallest absolute Gasteiger partial charge is 0.179 e. The second-order valence-electron chi connectivity index (χ2n) is 4.95. The molecule has 5 heteroatoms. The fourth-order valence-electron chi connectivity index (χ4n) is 2.13. The van der Waals surface area contributed by atoms with Crippen molar-refractivity contribution in [3.63, 3.8) is 0 Å². The van der Waals surface area contributed by atoms with Crippen LogP contribution in [-0.4, -0.2) is 26.8 Å². The summed E-state index contributed by atoms with van der Waals surface area (Å²) in [7, 11) is -3.19. The molecule has 0 bridgehead atoms. The summed E-state index contributed by atoms with van der Waals surface area (Å²) in [5.41, 5.74) is 0. The molecule has 3 nitrogen and oxygen atoms in total. The molecule has 0 amide bonds. The molecule has 1 aromatic rings. The first-order chi connectivity index (χ1) is 9.51. The third-order valence-electron chi connectivity index (χ3n) is 3.31. The molecule has 0 saturated carbocycles. The summed E-state index contributed by atoms with van der Waals surface area (Å²) in [6.45, 7) is 5.27. The molecule has 1 atom stereocenters. The van der Waals surface area contributed by atoms with Crippen molar-refractivity contribution in [3.8, 4) is 0 Å². The van der Waals surface area contributed by atoms with Gasteiger partial charge in [-0.3, -0.25) is 0 Å². The number of hydrogen-bond donors (Lipinski definition) is 1. The molecule has 0 spiro atoms. The Kier molecular flexibility index (Phi) is 7.77. The number of halogens is 1. The first-order valence-electron chi connectivity index (χ1n) is 7.22. The van der Waals surface area contributed by atoms with E-state index in [2.05, 4.69) is 35.1 Å². The number of benzene rings is 1. The molecule has 114 valence electrons. The van der Waals surface area contributed by atoms with E-state index in [1.54, 1.807) is 18.2 Å². The summed E-state index contributed by atoms with van der Waals surface area (Å²) in [6, 6.07) is 7.43. The SMILES string of the molecule is CCCNC(CC)CCCS(=O)(=O)c1ccccc1Br. The molecule has 20 heavy (non-hydrogen) atoms. The zero-order valence-corrected chi connectivity index (χ0v) is 14.6. The third-order valence-corrected chi connectivity index (χ3v) is 6.12. The van der Waals surface area contributed by atoms with E-state index in [1.165, 1.54) is 0 Å². The van der Waals surface area contributed by atoms with Gasteiger partial charge in [-0.05, 0) is 60.3 Å². The van der Waals surface area contributed by atoms with Crippen LogP contribution in [0.1, 0.15) is 39.5 Å². The van der Waals surface area contributed by atoms with Crippen LogP contribution >= 0.6 is 15.9 Å². The molecule has 0 aromatic heterocycles. The van der Waals surface area contributed by atoms with Gasteiger partial charge < -0.3 is 5.32 Å². The zero-order chi connectivity index (χ0) is 15.0. The molecule has 0 aliphatic carbocycles. The molecule has 0 fully saturated rings. The topological polar surface area (TPSA) is 46.2 Å². The van der Waals surface area contributed by atoms with E-state index in [4.69, 9.17) is 0 Å². The van der Waals surface area contributed by atoms with Gasteiger partial charge in [-0.15, -0.1) is 0 Å². The van der Waals surface area contributed by atoms with E-state index in [-0.39, 0.29) is 5.75 Å². The molecule has 1 aromatic carbocycles. The van der Waals surface area contributed by atoms with Crippen LogP contribution in [0.25, 0.3) is 0 Å². The van der Waals surface area contributed by atoms with Crippen LogP contribution in [0.2, 0.25) is 0 Å². The van der Waals surface area contributed by atoms with Gasteiger partial charge in [0.2, 0.25) is 0 Å². The predicted octanol–water partition coefficient (Wildman–Crippen LogP) is 3.78. The normalized spacial score (nSPS) is 13.3. The summed E-state index contributed by atoms with van der Waals surface area (Å²) in [5, 5.41) is 3.45. The Bertz CT molecular complexity index is 502. The second kappa shape index (κ2) is 8.80. The third kappa shape index (κ3) is 5.54. The summed E-state index contributed by atoms with van der Waals surface area (Å²) in [5.74, 6) is 0.208. The quantitative estimate of drug-likeness (QED) is 0.727. The average Bonchev–Trinajstić information content (AvgIpc) is 2.42. The molecule has 1 rings (SSSR count). The van der Waals surface area contributed by atoms with E-state index in [0.29, 0.717) is 21.8 Å². The van der Waals surface area contributed by atoms with Gasteiger partial charge in [0.05, 0.1) is 10.6 Å². The highest BCUT2D eigenvalue weighted by Gasteiger charge is 2.17. The Morgan fingerprint density at radius 3 is 2.55 bits per heavy atom. The van der Waals surface area contributed by atoms with Gasteiger partial charge in [0, 0.05) is 10.5 Å². The maximum absolute atomic E-state index is 12.3. The molecule has 1 unspecified atom stereocenters. The van der Waals surface area contributed by atoms with Crippen molar-refractivity contribution in [2.24, 2.45) is 0 Å². The lowest BCUT2D eigenvalue weighted by Gasteiger charge is -2.16. The van der Waals surface area contributed by atoms with Crippen LogP contribution in [0.5, 0.6) is 0 Å². The van der Waals surface area contributed by atoms with Gasteiger partial charge in [-0.25, -0.2) is 8.42 Å². The molecule has 0 heterocycles. The number of sulfone groups is 1. The maximum atomic E-state index is 12.3. The van der Waals surface area contributed by atoms with Crippen LogP contribution in [0.3, 0.4) is 0 Å². The van der Waals surface area contributed by atoms with Crippen LogP contribution in [0, 0.1) is 0 Å². The Morgan fingerprint density at radius 2 is 1.95 bits per heavy atom. The van der Waals surface area contributed by atoms with E-state index in [9.17, 15) is 8.42 Å². The molecule has 0 radical (unpaired) electrons. The minimum absolute atomic E-state index is 0.208. The summed E-state index contributed by atoms with van der Waals surface area (Å²) in [4.78, 5) is 0.398. The van der Waals surface area contributed by atoms with Gasteiger partial charge in [-0.1, -0.05) is 26.0 Å². The fraction of sp³-hybridized carbons (Fsp3) is 0.600. The Morgan fingerprint density at radius 1 is 1.25 bits per heavy atom. The predicted molar refractivity (Wildman–Crippen MR) is 87.8 cm³/mol. The minimum Gasteiger partial charge on any atom is -0.314 e. The minimum atomic E-state index is -3.19. The van der Waals surface area contributed by atoms with Crippen molar-refractivity contribution in [2.75, 3.05) is 12.3 Å². The van der Waals surface area contributed by atoms with E-state index in [1.807, 2.05) is 6.07 Å². The number of nitrogens with one attached hydrogen (secondary N) is 1. The van der Waals surface area contributed by atoms with E-state index in [0.717, 1.165) is 25.8 Å². The molecule has 1 N–H and O–H groups in total. The molecular weight excluding hydrogens is 338 g/mol. The summed E-state index contributed by atoms with van der Waals surface area (Å²) in [6.07, 6.45) is 3.74. The van der Waals surface area contributed by atoms with Crippen molar-refractivity contribution in [1.82, 2.24) is 5.32 Å². The van der Waals surface area contributed by atoms with Crippen LogP contribution < -0.4 is 5.32 Å². The number of hydrogen-bond acceptors (Lipinski definition) is 3. The van der Waals surface area contributed by atoms with Gasteiger partial charge in [-0.2, -0.15) is 0 Å². The monoisotopic (exact) mass is 361 g/mol. The average molecular weight is 362 g/mol. The molecule has 0 saturated heterocycles. The summed E-state index contributed by atoms with van der Waals surface area (Å²) >= 11 is 3.31. The zero-order valence-electron chi connectivity index (χ0n) is 12.2. The van der Waals surface area contributed by atoms with Gasteiger partial charge in [0.15, 0.2) is 9.84 Å². The van der Waals surface area contributed by atoms with Crippen molar-refractivity contribution >= 4 is 25.8 Å². The van der Waals surface area contributed by atoms with Gasteiger partial charge >= 0.3 is 0 Å². The van der Waals surface area contributed by atoms with Gasteiger partial charge in [0.1, 0.15) is 0 Å². The first-order valence-corrected chi connectivity index (χ1v) is 9.66. The van der Waals surface area contributed by atoms with Crippen LogP contribution in [0.4, 0.5) is 0 Å². The van der Waals surface area contributed by atoms with E-state index < -0.39 is 9.84 Å². The van der Waals surface area contributed by atoms with E-state index >= 15 is 0 Å². The fourth-order valence-corrected chi connectivity index (χ4v) is 4.57. The van der Waals surface area contributed by atoms with Crippen molar-refractivity contribution in [3.05, 3.63) is 28.7 Å². The lowest BCUT2D eigenvalue weighted by Crippen LogP contribution is -2.29. The lowest BCUT2D eigenvalue weighted by molar-refractivity contribution is 0.463. The van der Waals surface area contributed by atoms with Crippen molar-refractivity contribution in [1.29, 1.82) is 0 Å². The molecule has 0 aliphatic heterocycles. The molecular formula is C15H24BrNO2S. The number of rotatable bonds is 9. The van der Waals surface area contributed by atoms with Crippen molar-refractivity contribution < 1.29 is 8.42 Å². The maximum Gasteiger partial charge on any atom is 0.179 e. The Hall–Kier alpha value is -0.390. The lowest BCUT2D eigenvalue weighted by atomic mass is 10.1. The summed E-state index contributed by atoms with van der Waals surface area (Å²) < 4.78 is 25.2. The first kappa shape index (κ1) is 17.7. The Labute approximate surface area is 131 Å². The highest BCUT2D eigenvalue weighted by atomic mass is 79.9. The second-order valence-corrected chi connectivity index (χ2v) is 7.88. The van der Waals surface area contributed by atoms with Crippen LogP contribution in [0.15, 0.2) is 33.6 Å². The van der Waals surface area contributed by atoms with Gasteiger partial charge in [0.25, 0.3) is 0 Å². The highest BCUT2D eigenvalue weighted by molar-refractivity contribution is 9.10.